The Morgan fingerprint density at radius 1 is 1.33 bits per heavy atom. The van der Waals surface area contributed by atoms with Gasteiger partial charge in [-0.05, 0) is 12.1 Å². The Balaban J connectivity index is 2.15. The van der Waals surface area contributed by atoms with E-state index in [9.17, 15) is 4.79 Å². The fraction of sp³-hybridized carbons (Fsp3) is 0. The number of anilines is 1. The summed E-state index contributed by atoms with van der Waals surface area (Å²) in [6.45, 7) is 0. The highest BCUT2D eigenvalue weighted by atomic mass is 35.5. The number of hydrogen-bond acceptors (Lipinski definition) is 5. The lowest BCUT2D eigenvalue weighted by Crippen LogP contribution is -2.13. The fourth-order valence-corrected chi connectivity index (χ4v) is 1.66. The van der Waals surface area contributed by atoms with E-state index in [2.05, 4.69) is 25.7 Å². The molecule has 0 radical (unpaired) electrons. The first-order valence-electron chi connectivity index (χ1n) is 4.81. The van der Waals surface area contributed by atoms with Crippen molar-refractivity contribution in [3.63, 3.8) is 0 Å². The maximum atomic E-state index is 10.9. The third-order valence-electron chi connectivity index (χ3n) is 1.94. The number of hydrazone groups is 1. The van der Waals surface area contributed by atoms with E-state index < -0.39 is 5.69 Å². The quantitative estimate of drug-likeness (QED) is 0.666. The van der Waals surface area contributed by atoms with Crippen molar-refractivity contribution in [2.45, 2.75) is 0 Å². The number of aromatic nitrogens is 3. The minimum atomic E-state index is -0.564. The van der Waals surface area contributed by atoms with Gasteiger partial charge in [-0.25, -0.2) is 9.89 Å². The molecule has 1 heterocycles. The third kappa shape index (κ3) is 3.06. The van der Waals surface area contributed by atoms with Gasteiger partial charge in [0.15, 0.2) is 5.82 Å². The molecule has 2 N–H and O–H groups in total. The standard InChI is InChI=1S/C10H7Cl2N5O/c11-7-2-1-3-8(12)6(7)4-13-16-9-5-14-17-10(18)15-9/h1-5H,(H2,15,16,17,18). The van der Waals surface area contributed by atoms with Gasteiger partial charge in [-0.15, -0.1) is 0 Å². The van der Waals surface area contributed by atoms with E-state index in [-0.39, 0.29) is 5.82 Å². The van der Waals surface area contributed by atoms with Crippen LogP contribution in [0.4, 0.5) is 5.82 Å². The number of rotatable bonds is 3. The van der Waals surface area contributed by atoms with E-state index in [1.807, 2.05) is 0 Å². The largest absolute Gasteiger partial charge is 0.363 e. The second-order valence-electron chi connectivity index (χ2n) is 3.18. The molecule has 0 unspecified atom stereocenters. The maximum Gasteiger partial charge on any atom is 0.363 e. The fourth-order valence-electron chi connectivity index (χ4n) is 1.16. The van der Waals surface area contributed by atoms with Crippen LogP contribution in [0.3, 0.4) is 0 Å². The molecular formula is C10H7Cl2N5O. The molecule has 0 aliphatic heterocycles. The predicted octanol–water partition coefficient (Wildman–Crippen LogP) is 1.92. The second kappa shape index (κ2) is 5.61. The molecule has 8 heteroatoms. The Hall–Kier alpha value is -1.92. The summed E-state index contributed by atoms with van der Waals surface area (Å²) in [6, 6.07) is 5.13. The Morgan fingerprint density at radius 2 is 2.06 bits per heavy atom. The first-order chi connectivity index (χ1) is 8.66. The van der Waals surface area contributed by atoms with Crippen molar-refractivity contribution in [3.05, 3.63) is 50.5 Å². The van der Waals surface area contributed by atoms with E-state index in [0.29, 0.717) is 15.6 Å². The van der Waals surface area contributed by atoms with Crippen molar-refractivity contribution in [1.29, 1.82) is 0 Å². The number of nitrogens with one attached hydrogen (secondary N) is 2. The summed E-state index contributed by atoms with van der Waals surface area (Å²) in [5, 5.41) is 10.5. The van der Waals surface area contributed by atoms with Crippen LogP contribution in [0.2, 0.25) is 10.0 Å². The Labute approximate surface area is 112 Å². The van der Waals surface area contributed by atoms with Crippen LogP contribution in [0.15, 0.2) is 34.3 Å². The third-order valence-corrected chi connectivity index (χ3v) is 2.60. The first-order valence-corrected chi connectivity index (χ1v) is 5.57. The van der Waals surface area contributed by atoms with Crippen molar-refractivity contribution in [1.82, 2.24) is 15.2 Å². The monoisotopic (exact) mass is 283 g/mol. The molecule has 92 valence electrons. The zero-order valence-corrected chi connectivity index (χ0v) is 10.4. The topological polar surface area (TPSA) is 83.0 Å². The Morgan fingerprint density at radius 3 is 2.72 bits per heavy atom. The molecule has 0 atom stereocenters. The van der Waals surface area contributed by atoms with Crippen LogP contribution in [0.25, 0.3) is 0 Å². The Kier molecular flexibility index (Phi) is 3.91. The van der Waals surface area contributed by atoms with Gasteiger partial charge in [0, 0.05) is 5.56 Å². The normalized spacial score (nSPS) is 10.8. The van der Waals surface area contributed by atoms with Crippen LogP contribution < -0.4 is 11.1 Å². The van der Waals surface area contributed by atoms with E-state index in [1.165, 1.54) is 12.4 Å². The SMILES string of the molecule is O=c1nc(NN=Cc2c(Cl)cccc2Cl)cn[nH]1. The number of halogens is 2. The summed E-state index contributed by atoms with van der Waals surface area (Å²) in [6.07, 6.45) is 2.76. The summed E-state index contributed by atoms with van der Waals surface area (Å²) in [5.74, 6) is 0.221. The van der Waals surface area contributed by atoms with Crippen LogP contribution in [-0.4, -0.2) is 21.4 Å². The van der Waals surface area contributed by atoms with Crippen LogP contribution >= 0.6 is 23.2 Å². The number of benzene rings is 1. The molecule has 0 spiro atoms. The van der Waals surface area contributed by atoms with Gasteiger partial charge >= 0.3 is 5.69 Å². The zero-order chi connectivity index (χ0) is 13.0. The Bertz CT molecular complexity index is 620. The van der Waals surface area contributed by atoms with Gasteiger partial charge in [-0.2, -0.15) is 15.2 Å². The molecule has 6 nitrogen and oxygen atoms in total. The van der Waals surface area contributed by atoms with Crippen molar-refractivity contribution in [3.8, 4) is 0 Å². The van der Waals surface area contributed by atoms with Gasteiger partial charge in [0.2, 0.25) is 0 Å². The lowest BCUT2D eigenvalue weighted by Gasteiger charge is -2.00. The molecule has 2 aromatic rings. The zero-order valence-electron chi connectivity index (χ0n) is 8.89. The predicted molar refractivity (Wildman–Crippen MR) is 70.3 cm³/mol. The van der Waals surface area contributed by atoms with E-state index in [0.717, 1.165) is 0 Å². The van der Waals surface area contributed by atoms with Crippen molar-refractivity contribution >= 4 is 35.2 Å². The molecule has 0 aliphatic rings. The molecule has 1 aromatic heterocycles. The summed E-state index contributed by atoms with van der Waals surface area (Å²) in [5.41, 5.74) is 2.56. The molecule has 0 saturated carbocycles. The molecule has 0 fully saturated rings. The van der Waals surface area contributed by atoms with Gasteiger partial charge in [0.05, 0.1) is 22.5 Å². The van der Waals surface area contributed by atoms with E-state index in [4.69, 9.17) is 23.2 Å². The van der Waals surface area contributed by atoms with Crippen LogP contribution in [0.5, 0.6) is 0 Å². The van der Waals surface area contributed by atoms with E-state index in [1.54, 1.807) is 18.2 Å². The smallest absolute Gasteiger partial charge is 0.260 e. The minimum Gasteiger partial charge on any atom is -0.260 e. The summed E-state index contributed by atoms with van der Waals surface area (Å²) < 4.78 is 0. The van der Waals surface area contributed by atoms with Gasteiger partial charge in [-0.3, -0.25) is 5.43 Å². The molecule has 0 saturated heterocycles. The number of aromatic amines is 1. The highest BCUT2D eigenvalue weighted by Crippen LogP contribution is 2.22. The molecule has 1 aromatic carbocycles. The highest BCUT2D eigenvalue weighted by molar-refractivity contribution is 6.38. The average Bonchev–Trinajstić information content (AvgIpc) is 2.33. The maximum absolute atomic E-state index is 10.9. The highest BCUT2D eigenvalue weighted by Gasteiger charge is 2.01. The molecule has 0 bridgehead atoms. The molecule has 18 heavy (non-hydrogen) atoms. The molecule has 0 aliphatic carbocycles. The lowest BCUT2D eigenvalue weighted by atomic mass is 10.2. The second-order valence-corrected chi connectivity index (χ2v) is 3.99. The summed E-state index contributed by atoms with van der Waals surface area (Å²) in [4.78, 5) is 14.5. The average molecular weight is 284 g/mol. The van der Waals surface area contributed by atoms with Gasteiger partial charge in [0.25, 0.3) is 0 Å². The molecule has 2 rings (SSSR count). The first kappa shape index (κ1) is 12.5. The van der Waals surface area contributed by atoms with Gasteiger partial charge in [-0.1, -0.05) is 29.3 Å². The van der Waals surface area contributed by atoms with Crippen molar-refractivity contribution in [2.75, 3.05) is 5.43 Å². The molecular weight excluding hydrogens is 277 g/mol. The van der Waals surface area contributed by atoms with E-state index >= 15 is 0 Å². The minimum absolute atomic E-state index is 0.221. The number of nitrogens with zero attached hydrogens (tertiary/aromatic N) is 3. The summed E-state index contributed by atoms with van der Waals surface area (Å²) >= 11 is 11.9. The van der Waals surface area contributed by atoms with Crippen molar-refractivity contribution in [2.24, 2.45) is 5.10 Å². The van der Waals surface area contributed by atoms with Gasteiger partial charge in [0.1, 0.15) is 0 Å². The summed E-state index contributed by atoms with van der Waals surface area (Å²) in [7, 11) is 0. The van der Waals surface area contributed by atoms with Crippen LogP contribution in [0.1, 0.15) is 5.56 Å². The number of hydrogen-bond donors (Lipinski definition) is 2. The lowest BCUT2D eigenvalue weighted by molar-refractivity contribution is 0.913. The van der Waals surface area contributed by atoms with Gasteiger partial charge < -0.3 is 0 Å². The van der Waals surface area contributed by atoms with Crippen LogP contribution in [-0.2, 0) is 0 Å². The number of H-pyrrole nitrogens is 1. The van der Waals surface area contributed by atoms with Crippen LogP contribution in [0, 0.1) is 0 Å². The van der Waals surface area contributed by atoms with Crippen molar-refractivity contribution < 1.29 is 0 Å². The molecule has 0 amide bonds.